The van der Waals surface area contributed by atoms with Gasteiger partial charge in [0, 0.05) is 11.1 Å². The van der Waals surface area contributed by atoms with E-state index in [2.05, 4.69) is 39.9 Å². The normalized spacial score (nSPS) is 12.2. The van der Waals surface area contributed by atoms with Crippen LogP contribution in [0.1, 0.15) is 57.2 Å². The van der Waals surface area contributed by atoms with Gasteiger partial charge in [-0.3, -0.25) is 0 Å². The van der Waals surface area contributed by atoms with Gasteiger partial charge in [0.25, 0.3) is 0 Å². The number of hydrogen-bond acceptors (Lipinski definition) is 4. The van der Waals surface area contributed by atoms with Crippen molar-refractivity contribution in [2.45, 2.75) is 53.1 Å². The Kier molecular flexibility index (Phi) is 5.73. The first-order valence-corrected chi connectivity index (χ1v) is 8.62. The number of esters is 1. The summed E-state index contributed by atoms with van der Waals surface area (Å²) in [7, 11) is 1.38. The molecule has 0 unspecified atom stereocenters. The predicted molar refractivity (Wildman–Crippen MR) is 100 cm³/mol. The van der Waals surface area contributed by atoms with Crippen LogP contribution in [0, 0.1) is 5.41 Å². The number of benzene rings is 1. The SMILES string of the molecule is COC(=O)c1ccc(-c2ccc(CNC(C)(C)CC(C)(C)C)o2)cc1. The van der Waals surface area contributed by atoms with E-state index in [-0.39, 0.29) is 16.9 Å². The van der Waals surface area contributed by atoms with Crippen molar-refractivity contribution in [2.75, 3.05) is 7.11 Å². The van der Waals surface area contributed by atoms with Crippen LogP contribution in [0.5, 0.6) is 0 Å². The molecule has 25 heavy (non-hydrogen) atoms. The second-order valence-electron chi connectivity index (χ2n) is 8.31. The van der Waals surface area contributed by atoms with Gasteiger partial charge in [-0.25, -0.2) is 4.79 Å². The van der Waals surface area contributed by atoms with Crippen molar-refractivity contribution in [3.8, 4) is 11.3 Å². The van der Waals surface area contributed by atoms with E-state index >= 15 is 0 Å². The summed E-state index contributed by atoms with van der Waals surface area (Å²) in [6, 6.07) is 11.2. The molecule has 0 fully saturated rings. The lowest BCUT2D eigenvalue weighted by Gasteiger charge is -2.33. The van der Waals surface area contributed by atoms with Gasteiger partial charge in [0.15, 0.2) is 0 Å². The topological polar surface area (TPSA) is 51.5 Å². The van der Waals surface area contributed by atoms with Gasteiger partial charge in [0.2, 0.25) is 0 Å². The zero-order valence-corrected chi connectivity index (χ0v) is 16.1. The molecule has 0 saturated heterocycles. The number of methoxy groups -OCH3 is 1. The lowest BCUT2D eigenvalue weighted by molar-refractivity contribution is 0.0600. The fourth-order valence-electron chi connectivity index (χ4n) is 3.23. The van der Waals surface area contributed by atoms with Crippen LogP contribution in [0.2, 0.25) is 0 Å². The first-order valence-electron chi connectivity index (χ1n) is 8.62. The molecule has 0 amide bonds. The van der Waals surface area contributed by atoms with Crippen LogP contribution >= 0.6 is 0 Å². The molecule has 2 rings (SSSR count). The Morgan fingerprint density at radius 1 is 1.04 bits per heavy atom. The summed E-state index contributed by atoms with van der Waals surface area (Å²) in [5.41, 5.74) is 1.77. The van der Waals surface area contributed by atoms with E-state index in [1.54, 1.807) is 12.1 Å². The maximum Gasteiger partial charge on any atom is 0.337 e. The Hall–Kier alpha value is -2.07. The molecule has 2 aromatic rings. The monoisotopic (exact) mass is 343 g/mol. The quantitative estimate of drug-likeness (QED) is 0.747. The van der Waals surface area contributed by atoms with Crippen molar-refractivity contribution in [1.82, 2.24) is 5.32 Å². The summed E-state index contributed by atoms with van der Waals surface area (Å²) < 4.78 is 10.7. The van der Waals surface area contributed by atoms with Gasteiger partial charge in [-0.05, 0) is 49.9 Å². The highest BCUT2D eigenvalue weighted by molar-refractivity contribution is 5.89. The van der Waals surface area contributed by atoms with Crippen LogP contribution in [0.15, 0.2) is 40.8 Å². The van der Waals surface area contributed by atoms with E-state index in [0.29, 0.717) is 12.1 Å². The molecule has 0 bridgehead atoms. The zero-order chi connectivity index (χ0) is 18.7. The number of carbonyl (C=O) groups is 1. The molecule has 0 aliphatic heterocycles. The maximum atomic E-state index is 11.5. The van der Waals surface area contributed by atoms with Crippen LogP contribution in [0.3, 0.4) is 0 Å². The molecular formula is C21H29NO3. The third kappa shape index (κ3) is 5.75. The first kappa shape index (κ1) is 19.3. The highest BCUT2D eigenvalue weighted by Gasteiger charge is 2.25. The predicted octanol–water partition coefficient (Wildman–Crippen LogP) is 5.04. The Labute approximate surface area is 150 Å². The number of ether oxygens (including phenoxy) is 1. The van der Waals surface area contributed by atoms with Crippen molar-refractivity contribution < 1.29 is 13.9 Å². The van der Waals surface area contributed by atoms with E-state index in [1.807, 2.05) is 24.3 Å². The fraction of sp³-hybridized carbons (Fsp3) is 0.476. The molecule has 1 N–H and O–H groups in total. The highest BCUT2D eigenvalue weighted by Crippen LogP contribution is 2.28. The fourth-order valence-corrected chi connectivity index (χ4v) is 3.23. The summed E-state index contributed by atoms with van der Waals surface area (Å²) in [6.07, 6.45) is 1.07. The van der Waals surface area contributed by atoms with Gasteiger partial charge in [-0.15, -0.1) is 0 Å². The lowest BCUT2D eigenvalue weighted by atomic mass is 9.82. The molecule has 4 heteroatoms. The molecule has 0 spiro atoms. The Bertz CT molecular complexity index is 705. The minimum absolute atomic E-state index is 0.0351. The molecule has 136 valence electrons. The van der Waals surface area contributed by atoms with Crippen molar-refractivity contribution in [1.29, 1.82) is 0 Å². The van der Waals surface area contributed by atoms with Crippen molar-refractivity contribution in [2.24, 2.45) is 5.41 Å². The van der Waals surface area contributed by atoms with Crippen LogP contribution in [-0.4, -0.2) is 18.6 Å². The second kappa shape index (κ2) is 7.44. The molecule has 0 atom stereocenters. The molecule has 1 aromatic carbocycles. The standard InChI is InChI=1S/C21H29NO3/c1-20(2,3)14-21(4,5)22-13-17-11-12-18(25-17)15-7-9-16(10-8-15)19(23)24-6/h7-12,22H,13-14H2,1-6H3. The smallest absolute Gasteiger partial charge is 0.337 e. The minimum atomic E-state index is -0.336. The first-order chi connectivity index (χ1) is 11.6. The van der Waals surface area contributed by atoms with Gasteiger partial charge in [0.05, 0.1) is 19.2 Å². The lowest BCUT2D eigenvalue weighted by Crippen LogP contribution is -2.41. The molecule has 0 aliphatic carbocycles. The molecule has 1 aromatic heterocycles. The van der Waals surface area contributed by atoms with Crippen molar-refractivity contribution in [3.05, 3.63) is 47.7 Å². The van der Waals surface area contributed by atoms with Gasteiger partial charge in [-0.2, -0.15) is 0 Å². The number of hydrogen-bond donors (Lipinski definition) is 1. The molecule has 0 aliphatic rings. The summed E-state index contributed by atoms with van der Waals surface area (Å²) >= 11 is 0. The van der Waals surface area contributed by atoms with E-state index in [0.717, 1.165) is 23.5 Å². The molecule has 4 nitrogen and oxygen atoms in total. The second-order valence-corrected chi connectivity index (χ2v) is 8.31. The van der Waals surface area contributed by atoms with Crippen molar-refractivity contribution >= 4 is 5.97 Å². The van der Waals surface area contributed by atoms with Gasteiger partial charge < -0.3 is 14.5 Å². The van der Waals surface area contributed by atoms with Gasteiger partial charge in [-0.1, -0.05) is 32.9 Å². The van der Waals surface area contributed by atoms with Crippen LogP contribution < -0.4 is 5.32 Å². The number of furan rings is 1. The Balaban J connectivity index is 2.01. The number of carbonyl (C=O) groups excluding carboxylic acids is 1. The summed E-state index contributed by atoms with van der Waals surface area (Å²) in [5, 5.41) is 3.57. The highest BCUT2D eigenvalue weighted by atomic mass is 16.5. The van der Waals surface area contributed by atoms with Crippen LogP contribution in [-0.2, 0) is 11.3 Å². The number of nitrogens with one attached hydrogen (secondary N) is 1. The maximum absolute atomic E-state index is 11.5. The molecule has 0 radical (unpaired) electrons. The summed E-state index contributed by atoms with van der Waals surface area (Å²) in [6.45, 7) is 11.9. The van der Waals surface area contributed by atoms with E-state index in [1.165, 1.54) is 7.11 Å². The van der Waals surface area contributed by atoms with E-state index in [4.69, 9.17) is 9.15 Å². The van der Waals surface area contributed by atoms with Gasteiger partial charge in [0.1, 0.15) is 11.5 Å². The molecular weight excluding hydrogens is 314 g/mol. The minimum Gasteiger partial charge on any atom is -0.465 e. The third-order valence-corrected chi connectivity index (χ3v) is 3.97. The van der Waals surface area contributed by atoms with E-state index < -0.39 is 0 Å². The summed E-state index contributed by atoms with van der Waals surface area (Å²) in [4.78, 5) is 11.5. The third-order valence-electron chi connectivity index (χ3n) is 3.97. The summed E-state index contributed by atoms with van der Waals surface area (Å²) in [5.74, 6) is 1.35. The average Bonchev–Trinajstić information content (AvgIpc) is 2.99. The van der Waals surface area contributed by atoms with Crippen molar-refractivity contribution in [3.63, 3.8) is 0 Å². The average molecular weight is 343 g/mol. The van der Waals surface area contributed by atoms with Crippen LogP contribution in [0.25, 0.3) is 11.3 Å². The Morgan fingerprint density at radius 2 is 1.68 bits per heavy atom. The largest absolute Gasteiger partial charge is 0.465 e. The Morgan fingerprint density at radius 3 is 2.24 bits per heavy atom. The molecule has 1 heterocycles. The van der Waals surface area contributed by atoms with E-state index in [9.17, 15) is 4.79 Å². The molecule has 0 saturated carbocycles. The van der Waals surface area contributed by atoms with Gasteiger partial charge >= 0.3 is 5.97 Å². The van der Waals surface area contributed by atoms with Crippen LogP contribution in [0.4, 0.5) is 0 Å². The number of rotatable bonds is 6. The zero-order valence-electron chi connectivity index (χ0n) is 16.1.